The van der Waals surface area contributed by atoms with E-state index < -0.39 is 5.60 Å². The molecule has 1 aliphatic heterocycles. The van der Waals surface area contributed by atoms with Crippen molar-refractivity contribution in [1.29, 1.82) is 0 Å². The van der Waals surface area contributed by atoms with Crippen molar-refractivity contribution in [2.75, 3.05) is 13.7 Å². The number of piperidine rings is 1. The highest BCUT2D eigenvalue weighted by Crippen LogP contribution is 2.32. The van der Waals surface area contributed by atoms with E-state index in [1.165, 1.54) is 0 Å². The lowest BCUT2D eigenvalue weighted by molar-refractivity contribution is 0.00951. The Kier molecular flexibility index (Phi) is 4.76. The first-order chi connectivity index (χ1) is 9.90. The lowest BCUT2D eigenvalue weighted by Crippen LogP contribution is -2.41. The maximum absolute atomic E-state index is 12.4. The molecule has 0 spiro atoms. The first kappa shape index (κ1) is 15.7. The van der Waals surface area contributed by atoms with Crippen molar-refractivity contribution in [1.82, 2.24) is 4.90 Å². The van der Waals surface area contributed by atoms with Crippen molar-refractivity contribution in [2.24, 2.45) is 0 Å². The molecule has 1 amide bonds. The minimum absolute atomic E-state index is 0.0968. The van der Waals surface area contributed by atoms with Crippen LogP contribution in [0, 0.1) is 0 Å². The molecular formula is C17H25NO3. The summed E-state index contributed by atoms with van der Waals surface area (Å²) in [6, 6.07) is 8.05. The summed E-state index contributed by atoms with van der Waals surface area (Å²) < 4.78 is 10.7. The molecule has 0 bridgehead atoms. The van der Waals surface area contributed by atoms with Gasteiger partial charge in [0.2, 0.25) is 0 Å². The van der Waals surface area contributed by atoms with E-state index >= 15 is 0 Å². The maximum atomic E-state index is 12.4. The highest BCUT2D eigenvalue weighted by atomic mass is 16.6. The van der Waals surface area contributed by atoms with Crippen molar-refractivity contribution < 1.29 is 14.3 Å². The van der Waals surface area contributed by atoms with Crippen molar-refractivity contribution >= 4 is 6.09 Å². The van der Waals surface area contributed by atoms with Crippen molar-refractivity contribution in [3.8, 4) is 5.75 Å². The van der Waals surface area contributed by atoms with Crippen LogP contribution < -0.4 is 4.74 Å². The number of rotatable bonds is 2. The Morgan fingerprint density at radius 1 is 1.19 bits per heavy atom. The van der Waals surface area contributed by atoms with E-state index in [9.17, 15) is 4.79 Å². The second kappa shape index (κ2) is 6.37. The first-order valence-corrected chi connectivity index (χ1v) is 7.54. The number of nitrogens with zero attached hydrogens (tertiary/aromatic N) is 1. The Morgan fingerprint density at radius 3 is 2.43 bits per heavy atom. The van der Waals surface area contributed by atoms with Gasteiger partial charge in [0, 0.05) is 6.54 Å². The second-order valence-corrected chi connectivity index (χ2v) is 6.46. The molecule has 0 aromatic heterocycles. The van der Waals surface area contributed by atoms with Crippen LogP contribution >= 0.6 is 0 Å². The Balaban J connectivity index is 2.16. The van der Waals surface area contributed by atoms with Crippen LogP contribution in [0.15, 0.2) is 24.3 Å². The summed E-state index contributed by atoms with van der Waals surface area (Å²) in [5.41, 5.74) is 0.681. The molecule has 1 saturated heterocycles. The Bertz CT molecular complexity index is 476. The number of methoxy groups -OCH3 is 1. The molecule has 116 valence electrons. The van der Waals surface area contributed by atoms with Crippen LogP contribution in [0.2, 0.25) is 0 Å². The maximum Gasteiger partial charge on any atom is 0.410 e. The third-order valence-corrected chi connectivity index (χ3v) is 3.63. The molecule has 4 heteroatoms. The summed E-state index contributed by atoms with van der Waals surface area (Å²) >= 11 is 0. The molecule has 0 aliphatic carbocycles. The van der Waals surface area contributed by atoms with Crippen LogP contribution in [0.3, 0.4) is 0 Å². The third kappa shape index (κ3) is 4.13. The van der Waals surface area contributed by atoms with Gasteiger partial charge in [-0.1, -0.05) is 12.1 Å². The van der Waals surface area contributed by atoms with E-state index in [0.29, 0.717) is 0 Å². The van der Waals surface area contributed by atoms with Crippen LogP contribution in [0.1, 0.15) is 51.6 Å². The molecule has 1 heterocycles. The van der Waals surface area contributed by atoms with Gasteiger partial charge >= 0.3 is 6.09 Å². The number of hydrogen-bond acceptors (Lipinski definition) is 3. The predicted octanol–water partition coefficient (Wildman–Crippen LogP) is 4.16. The highest BCUT2D eigenvalue weighted by Gasteiger charge is 2.31. The molecule has 4 nitrogen and oxygen atoms in total. The van der Waals surface area contributed by atoms with Gasteiger partial charge in [0.05, 0.1) is 13.2 Å². The molecule has 1 atom stereocenters. The number of hydrogen-bond donors (Lipinski definition) is 0. The van der Waals surface area contributed by atoms with Crippen LogP contribution in [0.25, 0.3) is 0 Å². The normalized spacial score (nSPS) is 19.2. The Hall–Kier alpha value is -1.71. The van der Waals surface area contributed by atoms with E-state index in [1.807, 2.05) is 49.9 Å². The van der Waals surface area contributed by atoms with Gasteiger partial charge in [0.25, 0.3) is 0 Å². The molecule has 1 aromatic carbocycles. The van der Waals surface area contributed by atoms with Crippen LogP contribution in [-0.2, 0) is 4.74 Å². The monoisotopic (exact) mass is 291 g/mol. The molecule has 0 N–H and O–H groups in total. The fraction of sp³-hybridized carbons (Fsp3) is 0.588. The van der Waals surface area contributed by atoms with Crippen LogP contribution in [-0.4, -0.2) is 30.2 Å². The van der Waals surface area contributed by atoms with Crippen molar-refractivity contribution in [3.05, 3.63) is 29.8 Å². The van der Waals surface area contributed by atoms with Gasteiger partial charge in [-0.3, -0.25) is 0 Å². The molecule has 0 radical (unpaired) electrons. The molecule has 21 heavy (non-hydrogen) atoms. The topological polar surface area (TPSA) is 38.8 Å². The molecule has 0 saturated carbocycles. The number of carbonyl (C=O) groups excluding carboxylic acids is 1. The van der Waals surface area contributed by atoms with E-state index in [1.54, 1.807) is 7.11 Å². The van der Waals surface area contributed by atoms with Crippen molar-refractivity contribution in [3.63, 3.8) is 0 Å². The largest absolute Gasteiger partial charge is 0.497 e. The summed E-state index contributed by atoms with van der Waals surface area (Å²) in [6.45, 7) is 6.46. The van der Waals surface area contributed by atoms with E-state index in [0.717, 1.165) is 37.1 Å². The zero-order chi connectivity index (χ0) is 15.5. The van der Waals surface area contributed by atoms with E-state index in [4.69, 9.17) is 9.47 Å². The quantitative estimate of drug-likeness (QED) is 0.821. The van der Waals surface area contributed by atoms with Gasteiger partial charge in [-0.15, -0.1) is 0 Å². The van der Waals surface area contributed by atoms with E-state index in [-0.39, 0.29) is 12.1 Å². The van der Waals surface area contributed by atoms with Crippen LogP contribution in [0.4, 0.5) is 4.79 Å². The number of amides is 1. The molecule has 1 aliphatic rings. The minimum Gasteiger partial charge on any atom is -0.497 e. The zero-order valence-corrected chi connectivity index (χ0v) is 13.4. The van der Waals surface area contributed by atoms with Gasteiger partial charge in [0.1, 0.15) is 11.4 Å². The number of ether oxygens (including phenoxy) is 2. The molecule has 2 rings (SSSR count). The van der Waals surface area contributed by atoms with Gasteiger partial charge < -0.3 is 14.4 Å². The van der Waals surface area contributed by atoms with Gasteiger partial charge in [-0.05, 0) is 57.7 Å². The summed E-state index contributed by atoms with van der Waals surface area (Å²) in [6.07, 6.45) is 2.93. The fourth-order valence-electron chi connectivity index (χ4n) is 2.64. The highest BCUT2D eigenvalue weighted by molar-refractivity contribution is 5.69. The summed E-state index contributed by atoms with van der Waals surface area (Å²) in [7, 11) is 1.66. The van der Waals surface area contributed by atoms with Crippen molar-refractivity contribution in [2.45, 2.75) is 51.7 Å². The number of carbonyl (C=O) groups is 1. The average Bonchev–Trinajstić information content (AvgIpc) is 2.45. The predicted molar refractivity (Wildman–Crippen MR) is 82.5 cm³/mol. The smallest absolute Gasteiger partial charge is 0.410 e. The van der Waals surface area contributed by atoms with Gasteiger partial charge in [-0.2, -0.15) is 0 Å². The zero-order valence-electron chi connectivity index (χ0n) is 13.4. The second-order valence-electron chi connectivity index (χ2n) is 6.46. The summed E-state index contributed by atoms with van der Waals surface area (Å²) in [5, 5.41) is 0. The SMILES string of the molecule is COc1ccc([C@@H]2CCCCN2C(=O)OC(C)(C)C)cc1. The van der Waals surface area contributed by atoms with Gasteiger partial charge in [0.15, 0.2) is 0 Å². The van der Waals surface area contributed by atoms with Gasteiger partial charge in [-0.25, -0.2) is 4.79 Å². The standard InChI is InChI=1S/C17H25NO3/c1-17(2,3)21-16(19)18-12-6-5-7-15(18)13-8-10-14(20-4)11-9-13/h8-11,15H,5-7,12H2,1-4H3/t15-/m0/s1. The Morgan fingerprint density at radius 2 is 1.86 bits per heavy atom. The summed E-state index contributed by atoms with van der Waals surface area (Å²) in [4.78, 5) is 14.3. The van der Waals surface area contributed by atoms with Crippen LogP contribution in [0.5, 0.6) is 5.75 Å². The lowest BCUT2D eigenvalue weighted by atomic mass is 9.95. The number of benzene rings is 1. The molecular weight excluding hydrogens is 266 g/mol. The fourth-order valence-corrected chi connectivity index (χ4v) is 2.64. The summed E-state index contributed by atoms with van der Waals surface area (Å²) in [5.74, 6) is 0.832. The molecule has 1 aromatic rings. The first-order valence-electron chi connectivity index (χ1n) is 7.54. The molecule has 0 unspecified atom stereocenters. The number of likely N-dealkylation sites (tertiary alicyclic amines) is 1. The minimum atomic E-state index is -0.459. The van der Waals surface area contributed by atoms with E-state index in [2.05, 4.69) is 0 Å². The molecule has 1 fully saturated rings. The Labute approximate surface area is 127 Å². The lowest BCUT2D eigenvalue weighted by Gasteiger charge is -2.37. The third-order valence-electron chi connectivity index (χ3n) is 3.63. The average molecular weight is 291 g/mol.